The Labute approximate surface area is 111 Å². The molecule has 18 heavy (non-hydrogen) atoms. The van der Waals surface area contributed by atoms with Crippen molar-refractivity contribution in [3.05, 3.63) is 29.6 Å². The van der Waals surface area contributed by atoms with Gasteiger partial charge in [0.05, 0.1) is 0 Å². The van der Waals surface area contributed by atoms with Crippen molar-refractivity contribution in [2.75, 3.05) is 6.54 Å². The molecule has 1 atom stereocenters. The lowest BCUT2D eigenvalue weighted by Gasteiger charge is -2.32. The number of nitrogens with zero attached hydrogens (tertiary/aromatic N) is 1. The quantitative estimate of drug-likeness (QED) is 0.879. The monoisotopic (exact) mass is 246 g/mol. The van der Waals surface area contributed by atoms with E-state index in [2.05, 4.69) is 36.3 Å². The number of hydrogen-bond acceptors (Lipinski definition) is 2. The summed E-state index contributed by atoms with van der Waals surface area (Å²) in [6.07, 6.45) is 10.7. The van der Waals surface area contributed by atoms with E-state index in [1.807, 2.05) is 6.20 Å². The first kappa shape index (κ1) is 13.5. The number of pyridine rings is 1. The molecule has 2 nitrogen and oxygen atoms in total. The predicted octanol–water partition coefficient (Wildman–Crippen LogP) is 3.50. The van der Waals surface area contributed by atoms with Crippen LogP contribution in [-0.4, -0.2) is 17.1 Å². The fourth-order valence-corrected chi connectivity index (χ4v) is 2.90. The zero-order valence-electron chi connectivity index (χ0n) is 11.8. The van der Waals surface area contributed by atoms with Crippen LogP contribution in [0.4, 0.5) is 0 Å². The van der Waals surface area contributed by atoms with E-state index < -0.39 is 0 Å². The summed E-state index contributed by atoms with van der Waals surface area (Å²) in [5.41, 5.74) is 2.86. The lowest BCUT2D eigenvalue weighted by atomic mass is 9.85. The molecular weight excluding hydrogens is 220 g/mol. The van der Waals surface area contributed by atoms with Crippen molar-refractivity contribution in [1.82, 2.24) is 10.3 Å². The van der Waals surface area contributed by atoms with Crippen LogP contribution in [0.5, 0.6) is 0 Å². The molecule has 2 heterocycles. The lowest BCUT2D eigenvalue weighted by Crippen LogP contribution is -2.46. The van der Waals surface area contributed by atoms with E-state index in [0.717, 1.165) is 12.8 Å². The summed E-state index contributed by atoms with van der Waals surface area (Å²) in [7, 11) is 0. The minimum Gasteiger partial charge on any atom is -0.311 e. The summed E-state index contributed by atoms with van der Waals surface area (Å²) in [4.78, 5) is 4.63. The van der Waals surface area contributed by atoms with Gasteiger partial charge in [-0.25, -0.2) is 0 Å². The van der Waals surface area contributed by atoms with Gasteiger partial charge in [0.1, 0.15) is 0 Å². The molecule has 1 saturated heterocycles. The van der Waals surface area contributed by atoms with Gasteiger partial charge in [0.15, 0.2) is 0 Å². The Morgan fingerprint density at radius 3 is 2.78 bits per heavy atom. The van der Waals surface area contributed by atoms with Crippen LogP contribution in [0.1, 0.15) is 57.2 Å². The molecule has 0 spiro atoms. The van der Waals surface area contributed by atoms with Crippen molar-refractivity contribution >= 4 is 0 Å². The van der Waals surface area contributed by atoms with Crippen molar-refractivity contribution in [2.24, 2.45) is 0 Å². The predicted molar refractivity (Wildman–Crippen MR) is 76.8 cm³/mol. The summed E-state index contributed by atoms with van der Waals surface area (Å²) < 4.78 is 0. The topological polar surface area (TPSA) is 24.9 Å². The normalized spacial score (nSPS) is 24.8. The minimum absolute atomic E-state index is 0.289. The second kappa shape index (κ2) is 6.33. The largest absolute Gasteiger partial charge is 0.311 e. The fourth-order valence-electron chi connectivity index (χ4n) is 2.90. The third kappa shape index (κ3) is 3.32. The van der Waals surface area contributed by atoms with E-state index in [1.165, 1.54) is 49.9 Å². The number of nitrogens with one attached hydrogen (secondary N) is 1. The van der Waals surface area contributed by atoms with E-state index in [4.69, 9.17) is 0 Å². The molecule has 0 saturated carbocycles. The summed E-state index contributed by atoms with van der Waals surface area (Å²) in [5.74, 6) is 0. The maximum atomic E-state index is 4.63. The molecule has 1 aliphatic heterocycles. The first-order valence-electron chi connectivity index (χ1n) is 7.47. The van der Waals surface area contributed by atoms with Gasteiger partial charge in [-0.1, -0.05) is 32.8 Å². The molecule has 1 aliphatic rings. The second-order valence-corrected chi connectivity index (χ2v) is 5.56. The zero-order chi connectivity index (χ0) is 12.8. The first-order chi connectivity index (χ1) is 8.78. The molecule has 1 N–H and O–H groups in total. The number of hydrogen-bond donors (Lipinski definition) is 1. The Bertz CT molecular complexity index is 348. The highest BCUT2D eigenvalue weighted by atomic mass is 15.0. The van der Waals surface area contributed by atoms with Crippen molar-refractivity contribution < 1.29 is 0 Å². The van der Waals surface area contributed by atoms with Crippen LogP contribution in [0.3, 0.4) is 0 Å². The van der Waals surface area contributed by atoms with Crippen molar-refractivity contribution in [3.63, 3.8) is 0 Å². The molecule has 0 aliphatic carbocycles. The third-order valence-corrected chi connectivity index (χ3v) is 4.32. The van der Waals surface area contributed by atoms with Gasteiger partial charge in [-0.15, -0.1) is 0 Å². The van der Waals surface area contributed by atoms with Gasteiger partial charge < -0.3 is 5.32 Å². The van der Waals surface area contributed by atoms with E-state index >= 15 is 0 Å². The van der Waals surface area contributed by atoms with Gasteiger partial charge in [-0.3, -0.25) is 4.98 Å². The molecule has 2 heteroatoms. The maximum Gasteiger partial charge on any atom is 0.0422 e. The lowest BCUT2D eigenvalue weighted by molar-refractivity contribution is 0.299. The molecule has 2 rings (SSSR count). The van der Waals surface area contributed by atoms with Crippen LogP contribution in [-0.2, 0) is 12.8 Å². The highest BCUT2D eigenvalue weighted by molar-refractivity contribution is 5.16. The standard InChI is InChI=1S/C16H26N2/c1-3-14-8-9-15(17-13-14)12-16(4-2)10-6-5-7-11-18-16/h8-9,13,18H,3-7,10-12H2,1-2H3. The van der Waals surface area contributed by atoms with Crippen LogP contribution in [0, 0.1) is 0 Å². The highest BCUT2D eigenvalue weighted by Crippen LogP contribution is 2.26. The van der Waals surface area contributed by atoms with Gasteiger partial charge in [0, 0.05) is 23.9 Å². The van der Waals surface area contributed by atoms with Crippen LogP contribution in [0.25, 0.3) is 0 Å². The third-order valence-electron chi connectivity index (χ3n) is 4.32. The van der Waals surface area contributed by atoms with Crippen molar-refractivity contribution in [3.8, 4) is 0 Å². The van der Waals surface area contributed by atoms with Gasteiger partial charge in [0.2, 0.25) is 0 Å². The van der Waals surface area contributed by atoms with E-state index in [9.17, 15) is 0 Å². The number of rotatable bonds is 4. The molecule has 0 bridgehead atoms. The van der Waals surface area contributed by atoms with Crippen LogP contribution >= 0.6 is 0 Å². The van der Waals surface area contributed by atoms with Gasteiger partial charge in [0.25, 0.3) is 0 Å². The highest BCUT2D eigenvalue weighted by Gasteiger charge is 2.29. The Morgan fingerprint density at radius 1 is 1.22 bits per heavy atom. The average Bonchev–Trinajstić information content (AvgIpc) is 2.66. The molecular formula is C16H26N2. The smallest absolute Gasteiger partial charge is 0.0422 e. The fraction of sp³-hybridized carbons (Fsp3) is 0.688. The summed E-state index contributed by atoms with van der Waals surface area (Å²) >= 11 is 0. The Kier molecular flexibility index (Phi) is 4.76. The van der Waals surface area contributed by atoms with E-state index in [0.29, 0.717) is 0 Å². The number of aromatic nitrogens is 1. The van der Waals surface area contributed by atoms with Crippen LogP contribution in [0.15, 0.2) is 18.3 Å². The van der Waals surface area contributed by atoms with Crippen molar-refractivity contribution in [1.29, 1.82) is 0 Å². The molecule has 0 aromatic carbocycles. The van der Waals surface area contributed by atoms with Crippen LogP contribution in [0.2, 0.25) is 0 Å². The van der Waals surface area contributed by atoms with E-state index in [-0.39, 0.29) is 5.54 Å². The minimum atomic E-state index is 0.289. The van der Waals surface area contributed by atoms with Crippen LogP contribution < -0.4 is 5.32 Å². The molecule has 1 unspecified atom stereocenters. The Balaban J connectivity index is 2.07. The summed E-state index contributed by atoms with van der Waals surface area (Å²) in [5, 5.41) is 3.78. The SMILES string of the molecule is CCc1ccc(CC2(CC)CCCCCN2)nc1. The molecule has 1 aromatic rings. The van der Waals surface area contributed by atoms with Crippen molar-refractivity contribution in [2.45, 2.75) is 64.3 Å². The van der Waals surface area contributed by atoms with Gasteiger partial charge in [-0.2, -0.15) is 0 Å². The molecule has 1 aromatic heterocycles. The Morgan fingerprint density at radius 2 is 2.11 bits per heavy atom. The first-order valence-corrected chi connectivity index (χ1v) is 7.47. The molecule has 0 radical (unpaired) electrons. The summed E-state index contributed by atoms with van der Waals surface area (Å²) in [6.45, 7) is 5.65. The maximum absolute atomic E-state index is 4.63. The number of aryl methyl sites for hydroxylation is 1. The van der Waals surface area contributed by atoms with E-state index in [1.54, 1.807) is 0 Å². The average molecular weight is 246 g/mol. The second-order valence-electron chi connectivity index (χ2n) is 5.56. The molecule has 0 amide bonds. The van der Waals surface area contributed by atoms with Gasteiger partial charge >= 0.3 is 0 Å². The molecule has 1 fully saturated rings. The Hall–Kier alpha value is -0.890. The zero-order valence-corrected chi connectivity index (χ0v) is 11.8. The van der Waals surface area contributed by atoms with Gasteiger partial charge in [-0.05, 0) is 43.9 Å². The molecule has 100 valence electrons. The summed E-state index contributed by atoms with van der Waals surface area (Å²) in [6, 6.07) is 4.44.